The molecule has 1 aliphatic rings. The van der Waals surface area contributed by atoms with Gasteiger partial charge in [-0.2, -0.15) is 0 Å². The first-order valence-electron chi connectivity index (χ1n) is 6.82. The van der Waals surface area contributed by atoms with Crippen LogP contribution in [0.3, 0.4) is 0 Å². The normalized spacial score (nSPS) is 17.9. The maximum Gasteiger partial charge on any atom is 0.322 e. The van der Waals surface area contributed by atoms with Gasteiger partial charge in [0.25, 0.3) is 5.91 Å². The van der Waals surface area contributed by atoms with Gasteiger partial charge in [-0.3, -0.25) is 10.1 Å². The van der Waals surface area contributed by atoms with Crippen molar-refractivity contribution in [1.82, 2.24) is 15.5 Å². The fourth-order valence-electron chi connectivity index (χ4n) is 2.36. The molecular formula is C14H16N4O3. The highest BCUT2D eigenvalue weighted by Crippen LogP contribution is 2.24. The summed E-state index contributed by atoms with van der Waals surface area (Å²) in [5.41, 5.74) is 0.876. The van der Waals surface area contributed by atoms with Gasteiger partial charge in [-0.25, -0.2) is 0 Å². The Kier molecular flexibility index (Phi) is 3.57. The number of rotatable bonds is 3. The van der Waals surface area contributed by atoms with Crippen molar-refractivity contribution in [3.05, 3.63) is 35.2 Å². The second kappa shape index (κ2) is 5.53. The molecule has 1 unspecified atom stereocenters. The van der Waals surface area contributed by atoms with Crippen molar-refractivity contribution in [2.24, 2.45) is 0 Å². The van der Waals surface area contributed by atoms with Gasteiger partial charge in [0.05, 0.1) is 6.04 Å². The van der Waals surface area contributed by atoms with E-state index in [1.54, 1.807) is 19.1 Å². The van der Waals surface area contributed by atoms with E-state index in [9.17, 15) is 9.90 Å². The molecule has 1 aromatic heterocycles. The Morgan fingerprint density at radius 1 is 1.48 bits per heavy atom. The lowest BCUT2D eigenvalue weighted by atomic mass is 10.1. The van der Waals surface area contributed by atoms with E-state index in [0.29, 0.717) is 17.0 Å². The number of carbonyl (C=O) groups is 1. The average Bonchev–Trinajstić information content (AvgIpc) is 3.12. The maximum atomic E-state index is 12.2. The van der Waals surface area contributed by atoms with Crippen molar-refractivity contribution in [2.75, 3.05) is 11.9 Å². The molecule has 1 atom stereocenters. The summed E-state index contributed by atoms with van der Waals surface area (Å²) < 4.78 is 5.45. The molecule has 1 fully saturated rings. The summed E-state index contributed by atoms with van der Waals surface area (Å²) in [7, 11) is 0. The van der Waals surface area contributed by atoms with E-state index in [0.717, 1.165) is 19.4 Å². The first-order valence-corrected chi connectivity index (χ1v) is 6.82. The van der Waals surface area contributed by atoms with E-state index in [2.05, 4.69) is 20.8 Å². The molecular weight excluding hydrogens is 272 g/mol. The highest BCUT2D eigenvalue weighted by Gasteiger charge is 2.23. The quantitative estimate of drug-likeness (QED) is 0.795. The van der Waals surface area contributed by atoms with Crippen LogP contribution < -0.4 is 10.6 Å². The number of phenolic OH excluding ortho intramolecular Hbond substituents is 1. The highest BCUT2D eigenvalue weighted by molar-refractivity contribution is 6.04. The number of amides is 1. The smallest absolute Gasteiger partial charge is 0.322 e. The minimum atomic E-state index is -0.391. The Morgan fingerprint density at radius 3 is 3.10 bits per heavy atom. The minimum Gasteiger partial charge on any atom is -0.508 e. The van der Waals surface area contributed by atoms with Gasteiger partial charge in [0.15, 0.2) is 0 Å². The van der Waals surface area contributed by atoms with Crippen LogP contribution in [0.25, 0.3) is 0 Å². The topological polar surface area (TPSA) is 100 Å². The summed E-state index contributed by atoms with van der Waals surface area (Å²) in [6, 6.07) is 4.89. The van der Waals surface area contributed by atoms with E-state index < -0.39 is 5.91 Å². The molecule has 1 saturated heterocycles. The molecule has 2 aromatic rings. The summed E-state index contributed by atoms with van der Waals surface area (Å²) >= 11 is 0. The van der Waals surface area contributed by atoms with Crippen molar-refractivity contribution in [1.29, 1.82) is 0 Å². The van der Waals surface area contributed by atoms with E-state index in [4.69, 9.17) is 4.42 Å². The summed E-state index contributed by atoms with van der Waals surface area (Å²) in [6.07, 6.45) is 2.01. The van der Waals surface area contributed by atoms with Crippen LogP contribution in [0.15, 0.2) is 22.6 Å². The van der Waals surface area contributed by atoms with Crippen molar-refractivity contribution in [3.63, 3.8) is 0 Å². The van der Waals surface area contributed by atoms with Gasteiger partial charge < -0.3 is 14.8 Å². The Labute approximate surface area is 121 Å². The van der Waals surface area contributed by atoms with Crippen LogP contribution in [-0.2, 0) is 0 Å². The largest absolute Gasteiger partial charge is 0.508 e. The lowest BCUT2D eigenvalue weighted by Crippen LogP contribution is -2.14. The summed E-state index contributed by atoms with van der Waals surface area (Å²) in [6.45, 7) is 2.60. The van der Waals surface area contributed by atoms with Crippen molar-refractivity contribution >= 4 is 11.9 Å². The molecule has 3 rings (SSSR count). The zero-order chi connectivity index (χ0) is 14.8. The molecule has 21 heavy (non-hydrogen) atoms. The van der Waals surface area contributed by atoms with Crippen LogP contribution in [-0.4, -0.2) is 27.8 Å². The number of nitrogens with one attached hydrogen (secondary N) is 2. The third-order valence-electron chi connectivity index (χ3n) is 3.57. The Hall–Kier alpha value is -2.41. The molecule has 1 aromatic carbocycles. The predicted octanol–water partition coefficient (Wildman–Crippen LogP) is 1.76. The van der Waals surface area contributed by atoms with Gasteiger partial charge in [-0.05, 0) is 38.4 Å². The fraction of sp³-hybridized carbons (Fsp3) is 0.357. The molecule has 2 heterocycles. The van der Waals surface area contributed by atoms with Crippen LogP contribution in [0.2, 0.25) is 0 Å². The first kappa shape index (κ1) is 13.6. The van der Waals surface area contributed by atoms with Crippen LogP contribution >= 0.6 is 0 Å². The molecule has 0 bridgehead atoms. The molecule has 0 radical (unpaired) electrons. The molecule has 1 aliphatic heterocycles. The summed E-state index contributed by atoms with van der Waals surface area (Å²) in [5, 5.41) is 23.2. The van der Waals surface area contributed by atoms with Gasteiger partial charge in [-0.1, -0.05) is 11.2 Å². The number of aromatic hydroxyl groups is 1. The van der Waals surface area contributed by atoms with Gasteiger partial charge in [0, 0.05) is 11.1 Å². The SMILES string of the molecule is Cc1c(O)cccc1C(=O)Nc1nnc(C2CCCN2)o1. The Balaban J connectivity index is 1.74. The van der Waals surface area contributed by atoms with E-state index in [1.807, 2.05) is 0 Å². The second-order valence-electron chi connectivity index (χ2n) is 5.00. The monoisotopic (exact) mass is 288 g/mol. The zero-order valence-electron chi connectivity index (χ0n) is 11.6. The number of phenols is 1. The van der Waals surface area contributed by atoms with Crippen LogP contribution in [0.1, 0.15) is 40.7 Å². The second-order valence-corrected chi connectivity index (χ2v) is 5.00. The van der Waals surface area contributed by atoms with E-state index in [-0.39, 0.29) is 17.8 Å². The van der Waals surface area contributed by atoms with E-state index in [1.165, 1.54) is 6.07 Å². The standard InChI is InChI=1S/C14H16N4O3/c1-8-9(4-2-6-11(8)19)12(20)16-14-18-17-13(21-14)10-5-3-7-15-10/h2,4,6,10,15,19H,3,5,7H2,1H3,(H,16,18,20). The number of carbonyl (C=O) groups excluding carboxylic acids is 1. The molecule has 110 valence electrons. The van der Waals surface area contributed by atoms with Gasteiger partial charge >= 0.3 is 6.01 Å². The fourth-order valence-corrected chi connectivity index (χ4v) is 2.36. The summed E-state index contributed by atoms with van der Waals surface area (Å²) in [5.74, 6) is 0.164. The maximum absolute atomic E-state index is 12.2. The molecule has 3 N–H and O–H groups in total. The summed E-state index contributed by atoms with van der Waals surface area (Å²) in [4.78, 5) is 12.2. The van der Waals surface area contributed by atoms with Crippen LogP contribution in [0.5, 0.6) is 5.75 Å². The van der Waals surface area contributed by atoms with E-state index >= 15 is 0 Å². The minimum absolute atomic E-state index is 0.0608. The predicted molar refractivity (Wildman–Crippen MR) is 75.1 cm³/mol. The van der Waals surface area contributed by atoms with Gasteiger partial charge in [0.2, 0.25) is 5.89 Å². The Morgan fingerprint density at radius 2 is 2.33 bits per heavy atom. The number of hydrogen-bond acceptors (Lipinski definition) is 6. The highest BCUT2D eigenvalue weighted by atomic mass is 16.4. The molecule has 0 saturated carbocycles. The third kappa shape index (κ3) is 2.73. The third-order valence-corrected chi connectivity index (χ3v) is 3.57. The average molecular weight is 288 g/mol. The van der Waals surface area contributed by atoms with Crippen LogP contribution in [0.4, 0.5) is 6.01 Å². The zero-order valence-corrected chi connectivity index (χ0v) is 11.6. The lowest BCUT2D eigenvalue weighted by Gasteiger charge is -2.06. The lowest BCUT2D eigenvalue weighted by molar-refractivity contribution is 0.102. The molecule has 7 heteroatoms. The number of aromatic nitrogens is 2. The van der Waals surface area contributed by atoms with Crippen molar-refractivity contribution in [2.45, 2.75) is 25.8 Å². The molecule has 1 amide bonds. The number of hydrogen-bond donors (Lipinski definition) is 3. The van der Waals surface area contributed by atoms with Crippen molar-refractivity contribution in [3.8, 4) is 5.75 Å². The molecule has 0 spiro atoms. The number of nitrogens with zero attached hydrogens (tertiary/aromatic N) is 2. The van der Waals surface area contributed by atoms with Crippen molar-refractivity contribution < 1.29 is 14.3 Å². The van der Waals surface area contributed by atoms with Gasteiger partial charge in [0.1, 0.15) is 5.75 Å². The molecule has 0 aliphatic carbocycles. The Bertz CT molecular complexity index is 662. The van der Waals surface area contributed by atoms with Crippen LogP contribution in [0, 0.1) is 6.92 Å². The van der Waals surface area contributed by atoms with Gasteiger partial charge in [-0.15, -0.1) is 5.10 Å². The first-order chi connectivity index (χ1) is 10.1. The molecule has 7 nitrogen and oxygen atoms in total. The number of benzene rings is 1. The number of anilines is 1.